The Morgan fingerprint density at radius 1 is 0.270 bits per heavy atom. The second-order valence-electron chi connectivity index (χ2n) is 21.7. The SMILES string of the molecule is Cc1ccc(N(c2ccc(C)cc2)c2ccc(C3CCCC(c4ccc(N(c5ccc(C)cc5)c5ccc(C6(c7ccc(N(c8ccc(C)cc8)c8ccc(C)cc8)cc7)CCCCC6)cc5)cc4)C3)cc2)cc1. The highest BCUT2D eigenvalue weighted by molar-refractivity contribution is 5.79. The van der Waals surface area contributed by atoms with Crippen LogP contribution in [0.3, 0.4) is 0 Å². The normalized spacial score (nSPS) is 16.3. The maximum atomic E-state index is 2.45. The molecule has 2 unspecified atom stereocenters. The number of aryl methyl sites for hydroxylation is 5. The van der Waals surface area contributed by atoms with E-state index in [0.29, 0.717) is 11.8 Å². The average Bonchev–Trinajstić information content (AvgIpc) is 3.45. The Balaban J connectivity index is 0.841. The quantitative estimate of drug-likeness (QED) is 0.114. The topological polar surface area (TPSA) is 9.72 Å². The van der Waals surface area contributed by atoms with E-state index in [4.69, 9.17) is 0 Å². The molecule has 2 aliphatic carbocycles. The molecule has 2 fully saturated rings. The van der Waals surface area contributed by atoms with E-state index in [2.05, 4.69) is 268 Å². The summed E-state index contributed by atoms with van der Waals surface area (Å²) in [6, 6.07) is 82.8. The van der Waals surface area contributed by atoms with Gasteiger partial charge in [0.05, 0.1) is 0 Å². The smallest absolute Gasteiger partial charge is 0.0461 e. The van der Waals surface area contributed by atoms with Crippen LogP contribution in [0.15, 0.2) is 218 Å². The Bertz CT molecular complexity index is 3150. The highest BCUT2D eigenvalue weighted by atomic mass is 15.2. The summed E-state index contributed by atoms with van der Waals surface area (Å²) in [5.74, 6) is 1.06. The van der Waals surface area contributed by atoms with E-state index in [0.717, 1.165) is 12.8 Å². The van der Waals surface area contributed by atoms with Gasteiger partial charge in [0.2, 0.25) is 0 Å². The minimum atomic E-state index is -0.0344. The molecule has 9 aromatic rings. The molecule has 9 aromatic carbocycles. The lowest BCUT2D eigenvalue weighted by Crippen LogP contribution is -2.30. The van der Waals surface area contributed by atoms with Crippen molar-refractivity contribution >= 4 is 51.2 Å². The van der Waals surface area contributed by atoms with Crippen molar-refractivity contribution in [2.45, 2.75) is 110 Å². The standard InChI is InChI=1S/C71H71N3/c1-51-12-30-62(31-13-51)72(63-32-14-52(2)15-33-63)67-40-22-56(23-41-67)58-10-9-11-59(50-58)57-24-42-68(43-25-57)74(66-38-20-55(5)21-39-66)70-46-28-61(29-47-70)71(48-7-6-8-49-71)60-26-44-69(45-27-60)73(64-34-16-53(3)17-35-64)65-36-18-54(4)19-37-65/h12-47,58-59H,6-11,48-50H2,1-5H3. The molecule has 0 N–H and O–H groups in total. The molecular formula is C71H71N3. The van der Waals surface area contributed by atoms with E-state index in [1.54, 1.807) is 0 Å². The molecular weight excluding hydrogens is 895 g/mol. The van der Waals surface area contributed by atoms with Gasteiger partial charge in [0.1, 0.15) is 0 Å². The van der Waals surface area contributed by atoms with Gasteiger partial charge in [-0.25, -0.2) is 0 Å². The van der Waals surface area contributed by atoms with Crippen molar-refractivity contribution in [3.05, 3.63) is 268 Å². The maximum absolute atomic E-state index is 2.45. The fraction of sp³-hybridized carbons (Fsp3) is 0.239. The van der Waals surface area contributed by atoms with Gasteiger partial charge in [0, 0.05) is 56.6 Å². The van der Waals surface area contributed by atoms with Gasteiger partial charge in [-0.05, 0) is 210 Å². The minimum absolute atomic E-state index is 0.0344. The fourth-order valence-electron chi connectivity index (χ4n) is 12.2. The number of benzene rings is 9. The van der Waals surface area contributed by atoms with Crippen LogP contribution >= 0.6 is 0 Å². The molecule has 74 heavy (non-hydrogen) atoms. The minimum Gasteiger partial charge on any atom is -0.311 e. The molecule has 3 nitrogen and oxygen atoms in total. The van der Waals surface area contributed by atoms with Crippen molar-refractivity contribution in [2.75, 3.05) is 14.7 Å². The third-order valence-corrected chi connectivity index (χ3v) is 16.4. The first-order chi connectivity index (χ1) is 36.2. The molecule has 2 aliphatic rings. The number of nitrogens with zero attached hydrogens (tertiary/aromatic N) is 3. The van der Waals surface area contributed by atoms with Gasteiger partial charge in [-0.15, -0.1) is 0 Å². The summed E-state index contributed by atoms with van der Waals surface area (Å²) in [6.45, 7) is 10.8. The van der Waals surface area contributed by atoms with Gasteiger partial charge in [0.25, 0.3) is 0 Å². The van der Waals surface area contributed by atoms with Gasteiger partial charge in [0.15, 0.2) is 0 Å². The van der Waals surface area contributed by atoms with Crippen LogP contribution < -0.4 is 14.7 Å². The monoisotopic (exact) mass is 966 g/mol. The molecule has 0 bridgehead atoms. The van der Waals surface area contributed by atoms with Crippen LogP contribution in [0.25, 0.3) is 0 Å². The number of hydrogen-bond donors (Lipinski definition) is 0. The summed E-state index contributed by atoms with van der Waals surface area (Å²) in [5, 5.41) is 0. The lowest BCUT2D eigenvalue weighted by molar-refractivity contribution is 0.346. The predicted molar refractivity (Wildman–Crippen MR) is 315 cm³/mol. The first-order valence-corrected chi connectivity index (χ1v) is 27.3. The zero-order valence-corrected chi connectivity index (χ0v) is 44.1. The summed E-state index contributed by atoms with van der Waals surface area (Å²) in [6.07, 6.45) is 11.0. The molecule has 0 amide bonds. The largest absolute Gasteiger partial charge is 0.311 e. The molecule has 0 saturated heterocycles. The maximum Gasteiger partial charge on any atom is 0.0461 e. The lowest BCUT2D eigenvalue weighted by atomic mass is 9.65. The molecule has 3 heteroatoms. The van der Waals surface area contributed by atoms with Gasteiger partial charge >= 0.3 is 0 Å². The van der Waals surface area contributed by atoms with Crippen LogP contribution in [0.2, 0.25) is 0 Å². The Morgan fingerprint density at radius 3 is 0.757 bits per heavy atom. The Kier molecular flexibility index (Phi) is 14.1. The van der Waals surface area contributed by atoms with Crippen LogP contribution in [-0.4, -0.2) is 0 Å². The van der Waals surface area contributed by atoms with Gasteiger partial charge in [-0.3, -0.25) is 0 Å². The van der Waals surface area contributed by atoms with Gasteiger partial charge < -0.3 is 14.7 Å². The molecule has 0 aromatic heterocycles. The van der Waals surface area contributed by atoms with E-state index in [1.165, 1.54) is 146 Å². The number of anilines is 9. The molecule has 11 rings (SSSR count). The average molecular weight is 966 g/mol. The van der Waals surface area contributed by atoms with Crippen molar-refractivity contribution < 1.29 is 0 Å². The summed E-state index contributed by atoms with van der Waals surface area (Å²) >= 11 is 0. The number of rotatable bonds is 13. The first-order valence-electron chi connectivity index (χ1n) is 27.3. The van der Waals surface area contributed by atoms with Crippen molar-refractivity contribution in [1.82, 2.24) is 0 Å². The zero-order valence-electron chi connectivity index (χ0n) is 44.1. The van der Waals surface area contributed by atoms with Gasteiger partial charge in [-0.2, -0.15) is 0 Å². The molecule has 0 radical (unpaired) electrons. The van der Waals surface area contributed by atoms with Crippen molar-refractivity contribution in [3.63, 3.8) is 0 Å². The second kappa shape index (κ2) is 21.5. The third kappa shape index (κ3) is 10.3. The molecule has 2 saturated carbocycles. The Labute approximate surface area is 441 Å². The predicted octanol–water partition coefficient (Wildman–Crippen LogP) is 20.3. The van der Waals surface area contributed by atoms with Crippen LogP contribution in [-0.2, 0) is 5.41 Å². The van der Waals surface area contributed by atoms with E-state index >= 15 is 0 Å². The lowest BCUT2D eigenvalue weighted by Gasteiger charge is -2.39. The van der Waals surface area contributed by atoms with Crippen molar-refractivity contribution in [2.24, 2.45) is 0 Å². The highest BCUT2D eigenvalue weighted by Gasteiger charge is 2.36. The van der Waals surface area contributed by atoms with E-state index in [1.807, 2.05) is 0 Å². The number of hydrogen-bond acceptors (Lipinski definition) is 3. The zero-order chi connectivity index (χ0) is 50.6. The van der Waals surface area contributed by atoms with Crippen molar-refractivity contribution in [1.29, 1.82) is 0 Å². The van der Waals surface area contributed by atoms with E-state index in [-0.39, 0.29) is 5.41 Å². The third-order valence-electron chi connectivity index (χ3n) is 16.4. The van der Waals surface area contributed by atoms with Crippen LogP contribution in [0, 0.1) is 34.6 Å². The van der Waals surface area contributed by atoms with E-state index < -0.39 is 0 Å². The molecule has 0 heterocycles. The highest BCUT2D eigenvalue weighted by Crippen LogP contribution is 2.48. The molecule has 0 aliphatic heterocycles. The Hall–Kier alpha value is -7.62. The molecule has 370 valence electrons. The van der Waals surface area contributed by atoms with Crippen LogP contribution in [0.1, 0.15) is 120 Å². The molecule has 2 atom stereocenters. The van der Waals surface area contributed by atoms with Gasteiger partial charge in [-0.1, -0.05) is 163 Å². The van der Waals surface area contributed by atoms with Crippen molar-refractivity contribution in [3.8, 4) is 0 Å². The van der Waals surface area contributed by atoms with Crippen LogP contribution in [0.5, 0.6) is 0 Å². The fourth-order valence-corrected chi connectivity index (χ4v) is 12.2. The van der Waals surface area contributed by atoms with Crippen LogP contribution in [0.4, 0.5) is 51.2 Å². The summed E-state index contributed by atoms with van der Waals surface area (Å²) in [7, 11) is 0. The first kappa shape index (κ1) is 48.6. The Morgan fingerprint density at radius 2 is 0.500 bits per heavy atom. The summed E-state index contributed by atoms with van der Waals surface area (Å²) in [5.41, 5.74) is 22.6. The summed E-state index contributed by atoms with van der Waals surface area (Å²) in [4.78, 5) is 7.21. The van der Waals surface area contributed by atoms with E-state index in [9.17, 15) is 0 Å². The second-order valence-corrected chi connectivity index (χ2v) is 21.7. The summed E-state index contributed by atoms with van der Waals surface area (Å²) < 4.78 is 0. The molecule has 0 spiro atoms.